The lowest BCUT2D eigenvalue weighted by molar-refractivity contribution is 0.0528. The maximum absolute atomic E-state index is 12.2. The molecule has 2 aromatic rings. The molecule has 1 aromatic heterocycles. The number of carbonyl (C=O) groups is 1. The SMILES string of the molecule is CC(NC(=O)N(C)CC(C)(C)O)c1ccc(-c2ccncc2)cc1. The Labute approximate surface area is 143 Å². The summed E-state index contributed by atoms with van der Waals surface area (Å²) in [5, 5.41) is 12.7. The van der Waals surface area contributed by atoms with Crippen molar-refractivity contribution in [2.45, 2.75) is 32.4 Å². The average Bonchev–Trinajstić information content (AvgIpc) is 2.54. The molecule has 5 heteroatoms. The highest BCUT2D eigenvalue weighted by atomic mass is 16.3. The zero-order chi connectivity index (χ0) is 17.7. The predicted octanol–water partition coefficient (Wildman–Crippen LogP) is 3.22. The summed E-state index contributed by atoms with van der Waals surface area (Å²) < 4.78 is 0. The minimum atomic E-state index is -0.915. The molecular formula is C19H25N3O2. The Morgan fingerprint density at radius 1 is 1.17 bits per heavy atom. The van der Waals surface area contributed by atoms with Gasteiger partial charge in [-0.05, 0) is 49.6 Å². The van der Waals surface area contributed by atoms with Crippen LogP contribution in [0.5, 0.6) is 0 Å². The highest BCUT2D eigenvalue weighted by Crippen LogP contribution is 2.21. The topological polar surface area (TPSA) is 65.5 Å². The summed E-state index contributed by atoms with van der Waals surface area (Å²) in [6.45, 7) is 5.57. The van der Waals surface area contributed by atoms with E-state index in [-0.39, 0.29) is 18.6 Å². The van der Waals surface area contributed by atoms with Crippen LogP contribution in [0.2, 0.25) is 0 Å². The van der Waals surface area contributed by atoms with Crippen molar-refractivity contribution >= 4 is 6.03 Å². The minimum Gasteiger partial charge on any atom is -0.389 e. The van der Waals surface area contributed by atoms with Crippen LogP contribution in [0.4, 0.5) is 4.79 Å². The van der Waals surface area contributed by atoms with Gasteiger partial charge < -0.3 is 15.3 Å². The van der Waals surface area contributed by atoms with Gasteiger partial charge >= 0.3 is 6.03 Å². The van der Waals surface area contributed by atoms with Crippen LogP contribution in [-0.2, 0) is 0 Å². The van der Waals surface area contributed by atoms with Crippen LogP contribution in [0.25, 0.3) is 11.1 Å². The monoisotopic (exact) mass is 327 g/mol. The molecule has 0 aliphatic heterocycles. The highest BCUT2D eigenvalue weighted by Gasteiger charge is 2.20. The van der Waals surface area contributed by atoms with Crippen LogP contribution in [0.1, 0.15) is 32.4 Å². The molecule has 128 valence electrons. The molecule has 2 amide bonds. The Balaban J connectivity index is 2.00. The lowest BCUT2D eigenvalue weighted by Gasteiger charge is -2.27. The normalized spacial score (nSPS) is 12.5. The first-order chi connectivity index (χ1) is 11.3. The third-order valence-corrected chi connectivity index (χ3v) is 3.74. The number of hydrogen-bond acceptors (Lipinski definition) is 3. The van der Waals surface area contributed by atoms with Gasteiger partial charge in [-0.2, -0.15) is 0 Å². The van der Waals surface area contributed by atoms with E-state index >= 15 is 0 Å². The van der Waals surface area contributed by atoms with Crippen molar-refractivity contribution in [3.63, 3.8) is 0 Å². The molecule has 0 aliphatic rings. The number of carbonyl (C=O) groups excluding carboxylic acids is 1. The Morgan fingerprint density at radius 3 is 2.25 bits per heavy atom. The number of nitrogens with zero attached hydrogens (tertiary/aromatic N) is 2. The van der Waals surface area contributed by atoms with Crippen molar-refractivity contribution in [2.24, 2.45) is 0 Å². The van der Waals surface area contributed by atoms with Crippen molar-refractivity contribution in [3.05, 3.63) is 54.4 Å². The summed E-state index contributed by atoms with van der Waals surface area (Å²) in [6.07, 6.45) is 3.54. The fourth-order valence-electron chi connectivity index (χ4n) is 2.54. The first-order valence-corrected chi connectivity index (χ1v) is 8.00. The fraction of sp³-hybridized carbons (Fsp3) is 0.368. The molecule has 1 heterocycles. The van der Waals surface area contributed by atoms with Crippen LogP contribution in [0.3, 0.4) is 0 Å². The van der Waals surface area contributed by atoms with Gasteiger partial charge in [0.25, 0.3) is 0 Å². The second-order valence-electron chi connectivity index (χ2n) is 6.70. The lowest BCUT2D eigenvalue weighted by Crippen LogP contribution is -2.45. The van der Waals surface area contributed by atoms with Gasteiger partial charge in [0.15, 0.2) is 0 Å². The van der Waals surface area contributed by atoms with E-state index in [0.717, 1.165) is 16.7 Å². The molecule has 24 heavy (non-hydrogen) atoms. The van der Waals surface area contributed by atoms with Crippen molar-refractivity contribution in [1.29, 1.82) is 0 Å². The molecule has 1 unspecified atom stereocenters. The van der Waals surface area contributed by atoms with Crippen molar-refractivity contribution < 1.29 is 9.90 Å². The smallest absolute Gasteiger partial charge is 0.317 e. The van der Waals surface area contributed by atoms with E-state index in [1.54, 1.807) is 33.3 Å². The van der Waals surface area contributed by atoms with Crippen LogP contribution in [0.15, 0.2) is 48.8 Å². The van der Waals surface area contributed by atoms with E-state index in [1.807, 2.05) is 43.3 Å². The summed E-state index contributed by atoms with van der Waals surface area (Å²) in [6, 6.07) is 11.7. The Morgan fingerprint density at radius 2 is 1.71 bits per heavy atom. The van der Waals surface area contributed by atoms with Gasteiger partial charge in [-0.3, -0.25) is 4.98 Å². The fourth-order valence-corrected chi connectivity index (χ4v) is 2.54. The van der Waals surface area contributed by atoms with E-state index in [2.05, 4.69) is 10.3 Å². The maximum atomic E-state index is 12.2. The zero-order valence-electron chi connectivity index (χ0n) is 14.7. The molecular weight excluding hydrogens is 302 g/mol. The van der Waals surface area contributed by atoms with Crippen molar-refractivity contribution in [3.8, 4) is 11.1 Å². The molecule has 2 N–H and O–H groups in total. The summed E-state index contributed by atoms with van der Waals surface area (Å²) in [4.78, 5) is 17.7. The summed E-state index contributed by atoms with van der Waals surface area (Å²) in [5.41, 5.74) is 2.33. The van der Waals surface area contributed by atoms with Crippen LogP contribution in [-0.4, -0.2) is 40.2 Å². The number of amides is 2. The minimum absolute atomic E-state index is 0.117. The quantitative estimate of drug-likeness (QED) is 0.886. The van der Waals surface area contributed by atoms with Gasteiger partial charge in [-0.1, -0.05) is 24.3 Å². The van der Waals surface area contributed by atoms with E-state index in [1.165, 1.54) is 4.90 Å². The molecule has 0 saturated carbocycles. The number of urea groups is 1. The summed E-state index contributed by atoms with van der Waals surface area (Å²) in [7, 11) is 1.67. The van der Waals surface area contributed by atoms with E-state index in [9.17, 15) is 9.90 Å². The number of hydrogen-bond donors (Lipinski definition) is 2. The summed E-state index contributed by atoms with van der Waals surface area (Å²) >= 11 is 0. The lowest BCUT2D eigenvalue weighted by atomic mass is 10.0. The molecule has 1 atom stereocenters. The van der Waals surface area contributed by atoms with Crippen molar-refractivity contribution in [1.82, 2.24) is 15.2 Å². The van der Waals surface area contributed by atoms with Gasteiger partial charge in [-0.25, -0.2) is 4.79 Å². The Kier molecular flexibility index (Phi) is 5.57. The zero-order valence-corrected chi connectivity index (χ0v) is 14.7. The number of aliphatic hydroxyl groups is 1. The second kappa shape index (κ2) is 7.45. The number of nitrogens with one attached hydrogen (secondary N) is 1. The number of likely N-dealkylation sites (N-methyl/N-ethyl adjacent to an activating group) is 1. The van der Waals surface area contributed by atoms with Gasteiger partial charge in [0, 0.05) is 19.4 Å². The largest absolute Gasteiger partial charge is 0.389 e. The van der Waals surface area contributed by atoms with Crippen LogP contribution in [0, 0.1) is 0 Å². The number of aromatic nitrogens is 1. The number of pyridine rings is 1. The van der Waals surface area contributed by atoms with Gasteiger partial charge in [0.2, 0.25) is 0 Å². The summed E-state index contributed by atoms with van der Waals surface area (Å²) in [5.74, 6) is 0. The molecule has 2 rings (SSSR count). The first kappa shape index (κ1) is 17.9. The molecule has 0 aliphatic carbocycles. The molecule has 0 saturated heterocycles. The third kappa shape index (κ3) is 5.06. The Bertz CT molecular complexity index is 663. The molecule has 1 aromatic carbocycles. The van der Waals surface area contributed by atoms with Crippen LogP contribution >= 0.6 is 0 Å². The average molecular weight is 327 g/mol. The molecule has 0 spiro atoms. The molecule has 0 bridgehead atoms. The molecule has 5 nitrogen and oxygen atoms in total. The van der Waals surface area contributed by atoms with E-state index < -0.39 is 5.60 Å². The second-order valence-corrected chi connectivity index (χ2v) is 6.70. The van der Waals surface area contributed by atoms with Gasteiger partial charge in [-0.15, -0.1) is 0 Å². The number of rotatable bonds is 5. The van der Waals surface area contributed by atoms with Crippen molar-refractivity contribution in [2.75, 3.05) is 13.6 Å². The van der Waals surface area contributed by atoms with E-state index in [4.69, 9.17) is 0 Å². The first-order valence-electron chi connectivity index (χ1n) is 8.00. The van der Waals surface area contributed by atoms with Gasteiger partial charge in [0.1, 0.15) is 0 Å². The number of benzene rings is 1. The molecule has 0 fully saturated rings. The standard InChI is InChI=1S/C19H25N3O2/c1-14(21-18(23)22(4)13-19(2,3)24)15-5-7-16(8-6-15)17-9-11-20-12-10-17/h5-12,14,24H,13H2,1-4H3,(H,21,23). The third-order valence-electron chi connectivity index (χ3n) is 3.74. The molecule has 0 radical (unpaired) electrons. The van der Waals surface area contributed by atoms with Gasteiger partial charge in [0.05, 0.1) is 18.2 Å². The maximum Gasteiger partial charge on any atom is 0.317 e. The highest BCUT2D eigenvalue weighted by molar-refractivity contribution is 5.74. The predicted molar refractivity (Wildman–Crippen MR) is 95.5 cm³/mol. The van der Waals surface area contributed by atoms with Crippen LogP contribution < -0.4 is 5.32 Å². The Hall–Kier alpha value is -2.40. The van der Waals surface area contributed by atoms with E-state index in [0.29, 0.717) is 0 Å².